The summed E-state index contributed by atoms with van der Waals surface area (Å²) < 4.78 is 11.1. The molecule has 0 amide bonds. The van der Waals surface area contributed by atoms with Gasteiger partial charge in [0.1, 0.15) is 0 Å². The normalized spacial score (nSPS) is 13.9. The summed E-state index contributed by atoms with van der Waals surface area (Å²) in [6.45, 7) is 6.36. The van der Waals surface area contributed by atoms with E-state index in [0.717, 1.165) is 0 Å². The van der Waals surface area contributed by atoms with E-state index in [4.69, 9.17) is 8.85 Å². The highest BCUT2D eigenvalue weighted by atomic mass is 28.4. The molecule has 0 saturated carbocycles. The van der Waals surface area contributed by atoms with Crippen molar-refractivity contribution in [2.24, 2.45) is 0 Å². The largest absolute Gasteiger partial charge is 0.397 e. The summed E-state index contributed by atoms with van der Waals surface area (Å²) in [6, 6.07) is 8.57. The second kappa shape index (κ2) is 4.92. The first kappa shape index (κ1) is 12.4. The summed E-state index contributed by atoms with van der Waals surface area (Å²) in [6.07, 6.45) is 0. The molecule has 0 aliphatic carbocycles. The second-order valence-electron chi connectivity index (χ2n) is 4.06. The summed E-state index contributed by atoms with van der Waals surface area (Å²) in [5.41, 5.74) is 2.91. The Morgan fingerprint density at radius 2 is 1.53 bits per heavy atom. The number of hydrogen-bond acceptors (Lipinski definition) is 2. The fourth-order valence-corrected chi connectivity index (χ4v) is 3.27. The Morgan fingerprint density at radius 3 is 1.93 bits per heavy atom. The van der Waals surface area contributed by atoms with E-state index in [1.807, 2.05) is 0 Å². The van der Waals surface area contributed by atoms with Gasteiger partial charge >= 0.3 is 8.56 Å². The lowest BCUT2D eigenvalue weighted by Crippen LogP contribution is -2.42. The SMILES string of the molecule is CO[Si](C)(OC)C(C)c1ccc(C)cc1. The van der Waals surface area contributed by atoms with Gasteiger partial charge < -0.3 is 8.85 Å². The first-order valence-corrected chi connectivity index (χ1v) is 7.59. The third-order valence-electron chi connectivity index (χ3n) is 3.17. The van der Waals surface area contributed by atoms with Gasteiger partial charge in [-0.05, 0) is 19.0 Å². The fraction of sp³-hybridized carbons (Fsp3) is 0.500. The monoisotopic (exact) mass is 224 g/mol. The zero-order valence-corrected chi connectivity index (χ0v) is 11.2. The predicted octanol–water partition coefficient (Wildman–Crippen LogP) is 3.00. The Balaban J connectivity index is 2.92. The molecule has 1 aromatic carbocycles. The number of aryl methyl sites for hydroxylation is 1. The van der Waals surface area contributed by atoms with Crippen LogP contribution < -0.4 is 0 Å². The Labute approximate surface area is 93.5 Å². The molecule has 0 bridgehead atoms. The van der Waals surface area contributed by atoms with Gasteiger partial charge in [-0.25, -0.2) is 0 Å². The van der Waals surface area contributed by atoms with Crippen LogP contribution in [0.1, 0.15) is 23.6 Å². The van der Waals surface area contributed by atoms with E-state index in [1.54, 1.807) is 14.2 Å². The molecule has 2 nitrogen and oxygen atoms in total. The van der Waals surface area contributed by atoms with E-state index < -0.39 is 8.56 Å². The molecule has 1 unspecified atom stereocenters. The Hall–Kier alpha value is -0.643. The third kappa shape index (κ3) is 2.68. The lowest BCUT2D eigenvalue weighted by Gasteiger charge is -2.29. The van der Waals surface area contributed by atoms with Gasteiger partial charge in [0, 0.05) is 19.8 Å². The van der Waals surface area contributed by atoms with Gasteiger partial charge in [0.05, 0.1) is 0 Å². The molecule has 0 aliphatic heterocycles. The van der Waals surface area contributed by atoms with Crippen LogP contribution in [0.4, 0.5) is 0 Å². The molecule has 3 heteroatoms. The Bertz CT molecular complexity index is 304. The van der Waals surface area contributed by atoms with Gasteiger partial charge in [0.2, 0.25) is 0 Å². The molecular formula is C12H20O2Si. The lowest BCUT2D eigenvalue weighted by atomic mass is 10.1. The molecule has 0 heterocycles. The van der Waals surface area contributed by atoms with Crippen molar-refractivity contribution in [3.05, 3.63) is 35.4 Å². The molecule has 0 spiro atoms. The average molecular weight is 224 g/mol. The van der Waals surface area contributed by atoms with E-state index in [9.17, 15) is 0 Å². The van der Waals surface area contributed by atoms with Gasteiger partial charge in [-0.3, -0.25) is 0 Å². The summed E-state index contributed by atoms with van der Waals surface area (Å²) >= 11 is 0. The average Bonchev–Trinajstić information content (AvgIpc) is 2.28. The topological polar surface area (TPSA) is 18.5 Å². The van der Waals surface area contributed by atoms with Crippen molar-refractivity contribution < 1.29 is 8.85 Å². The summed E-state index contributed by atoms with van der Waals surface area (Å²) in [7, 11) is 1.41. The summed E-state index contributed by atoms with van der Waals surface area (Å²) in [4.78, 5) is 0. The van der Waals surface area contributed by atoms with Crippen molar-refractivity contribution in [2.45, 2.75) is 25.9 Å². The molecule has 0 N–H and O–H groups in total. The molecule has 0 radical (unpaired) electrons. The van der Waals surface area contributed by atoms with Crippen LogP contribution in [0.5, 0.6) is 0 Å². The van der Waals surface area contributed by atoms with Crippen LogP contribution >= 0.6 is 0 Å². The predicted molar refractivity (Wildman–Crippen MR) is 65.2 cm³/mol. The van der Waals surface area contributed by atoms with Gasteiger partial charge in [0.25, 0.3) is 0 Å². The van der Waals surface area contributed by atoms with E-state index in [2.05, 4.69) is 44.7 Å². The molecule has 84 valence electrons. The van der Waals surface area contributed by atoms with Crippen molar-refractivity contribution >= 4 is 8.56 Å². The zero-order valence-electron chi connectivity index (χ0n) is 10.2. The molecule has 0 aromatic heterocycles. The number of hydrogen-bond donors (Lipinski definition) is 0. The smallest absolute Gasteiger partial charge is 0.341 e. The van der Waals surface area contributed by atoms with Crippen LogP contribution in [0.3, 0.4) is 0 Å². The van der Waals surface area contributed by atoms with Crippen molar-refractivity contribution in [3.63, 3.8) is 0 Å². The van der Waals surface area contributed by atoms with Gasteiger partial charge in [-0.2, -0.15) is 0 Å². The molecule has 0 aliphatic rings. The summed E-state index contributed by atoms with van der Waals surface area (Å²) in [5, 5.41) is 0. The second-order valence-corrected chi connectivity index (χ2v) is 7.77. The van der Waals surface area contributed by atoms with Crippen LogP contribution in [0.15, 0.2) is 24.3 Å². The minimum atomic E-state index is -2.06. The maximum absolute atomic E-state index is 5.55. The number of rotatable bonds is 4. The van der Waals surface area contributed by atoms with Gasteiger partial charge in [0.15, 0.2) is 0 Å². The van der Waals surface area contributed by atoms with Crippen LogP contribution in [-0.4, -0.2) is 22.8 Å². The molecule has 1 atom stereocenters. The van der Waals surface area contributed by atoms with E-state index in [-0.39, 0.29) is 0 Å². The quantitative estimate of drug-likeness (QED) is 0.732. The Morgan fingerprint density at radius 1 is 1.07 bits per heavy atom. The maximum Gasteiger partial charge on any atom is 0.341 e. The fourth-order valence-electron chi connectivity index (χ4n) is 1.59. The zero-order chi connectivity index (χ0) is 11.5. The highest BCUT2D eigenvalue weighted by molar-refractivity contribution is 6.67. The molecule has 0 saturated heterocycles. The van der Waals surface area contributed by atoms with E-state index in [0.29, 0.717) is 5.54 Å². The van der Waals surface area contributed by atoms with Crippen molar-refractivity contribution in [1.82, 2.24) is 0 Å². The lowest BCUT2D eigenvalue weighted by molar-refractivity contribution is 0.240. The Kier molecular flexibility index (Phi) is 4.08. The van der Waals surface area contributed by atoms with Crippen molar-refractivity contribution in [2.75, 3.05) is 14.2 Å². The maximum atomic E-state index is 5.55. The minimum Gasteiger partial charge on any atom is -0.397 e. The first-order chi connectivity index (χ1) is 7.03. The van der Waals surface area contributed by atoms with Gasteiger partial charge in [-0.15, -0.1) is 0 Å². The van der Waals surface area contributed by atoms with Crippen molar-refractivity contribution in [3.8, 4) is 0 Å². The van der Waals surface area contributed by atoms with Crippen LogP contribution in [0, 0.1) is 6.92 Å². The van der Waals surface area contributed by atoms with E-state index >= 15 is 0 Å². The molecule has 0 fully saturated rings. The molecule has 15 heavy (non-hydrogen) atoms. The van der Waals surface area contributed by atoms with Gasteiger partial charge in [-0.1, -0.05) is 36.8 Å². The number of benzene rings is 1. The molecule has 1 rings (SSSR count). The van der Waals surface area contributed by atoms with Crippen molar-refractivity contribution in [1.29, 1.82) is 0 Å². The molecular weight excluding hydrogens is 204 g/mol. The third-order valence-corrected chi connectivity index (χ3v) is 6.70. The van der Waals surface area contributed by atoms with Crippen LogP contribution in [-0.2, 0) is 8.85 Å². The standard InChI is InChI=1S/C12H20O2Si/c1-10-6-8-12(9-7-10)11(2)15(5,13-3)14-4/h6-9,11H,1-5H3. The minimum absolute atomic E-state index is 0.341. The first-order valence-electron chi connectivity index (χ1n) is 5.20. The van der Waals surface area contributed by atoms with Crippen LogP contribution in [0.25, 0.3) is 0 Å². The molecule has 1 aromatic rings. The summed E-state index contributed by atoms with van der Waals surface area (Å²) in [5.74, 6) is 0. The highest BCUT2D eigenvalue weighted by Gasteiger charge is 2.37. The highest BCUT2D eigenvalue weighted by Crippen LogP contribution is 2.27. The van der Waals surface area contributed by atoms with E-state index in [1.165, 1.54) is 11.1 Å². The van der Waals surface area contributed by atoms with Crippen LogP contribution in [0.2, 0.25) is 6.55 Å².